The Bertz CT molecular complexity index is 1390. The Balaban J connectivity index is 1.19. The Labute approximate surface area is 201 Å². The smallest absolute Gasteiger partial charge is 0.298 e. The fourth-order valence-corrected chi connectivity index (χ4v) is 4.67. The lowest BCUT2D eigenvalue weighted by Gasteiger charge is -2.41. The van der Waals surface area contributed by atoms with Crippen molar-refractivity contribution in [2.24, 2.45) is 0 Å². The van der Waals surface area contributed by atoms with E-state index in [1.807, 2.05) is 24.3 Å². The van der Waals surface area contributed by atoms with Crippen molar-refractivity contribution >= 4 is 40.1 Å². The number of halogens is 1. The van der Waals surface area contributed by atoms with Gasteiger partial charge in [0.1, 0.15) is 24.3 Å². The number of benzene rings is 2. The summed E-state index contributed by atoms with van der Waals surface area (Å²) < 4.78 is 26.3. The van der Waals surface area contributed by atoms with Crippen molar-refractivity contribution in [1.29, 1.82) is 0 Å². The maximum Gasteiger partial charge on any atom is 0.298 e. The van der Waals surface area contributed by atoms with E-state index in [0.717, 1.165) is 37.0 Å². The Hall–Kier alpha value is -4.39. The molecule has 35 heavy (non-hydrogen) atoms. The Morgan fingerprint density at radius 2 is 1.94 bits per heavy atom. The molecular formula is C25H22FN7O2. The fraction of sp³-hybridized carbons (Fsp3) is 0.280. The van der Waals surface area contributed by atoms with E-state index in [0.29, 0.717) is 36.6 Å². The highest BCUT2D eigenvalue weighted by Crippen LogP contribution is 2.39. The van der Waals surface area contributed by atoms with Gasteiger partial charge in [-0.05, 0) is 37.1 Å². The number of aromatic nitrogens is 3. The third-order valence-electron chi connectivity index (χ3n) is 6.43. The molecule has 2 aliphatic heterocycles. The minimum Gasteiger partial charge on any atom is -0.485 e. The zero-order valence-electron chi connectivity index (χ0n) is 18.8. The van der Waals surface area contributed by atoms with Crippen LogP contribution in [-0.4, -0.2) is 47.2 Å². The molecule has 1 N–H and O–H groups in total. The molecule has 4 heterocycles. The minimum absolute atomic E-state index is 0.227. The maximum absolute atomic E-state index is 14.4. The zero-order valence-corrected chi connectivity index (χ0v) is 18.8. The Kier molecular flexibility index (Phi) is 5.29. The molecule has 176 valence electrons. The van der Waals surface area contributed by atoms with Gasteiger partial charge in [-0.2, -0.15) is 4.98 Å². The Morgan fingerprint density at radius 3 is 2.74 bits per heavy atom. The number of rotatable bonds is 4. The number of para-hydroxylation sites is 2. The van der Waals surface area contributed by atoms with Gasteiger partial charge in [-0.15, -0.1) is 0 Å². The van der Waals surface area contributed by atoms with Crippen LogP contribution in [0.3, 0.4) is 0 Å². The van der Waals surface area contributed by atoms with Crippen LogP contribution < -0.4 is 19.9 Å². The second kappa shape index (κ2) is 8.76. The highest BCUT2D eigenvalue weighted by Gasteiger charge is 2.32. The van der Waals surface area contributed by atoms with Crippen LogP contribution in [-0.2, 0) is 0 Å². The molecule has 10 heteroatoms. The standard InChI is InChI=1S/C25H22FN7O2/c1-27-16-6-7-19(18(26)14-16)30-23-22-24(29-15-28-23)33(12-13-34-22)17-8-10-32(11-9-17)25-31-20-4-2-3-5-21(20)35-25/h2-7,14-15,17H,8-13H2,(H,28,29,30). The van der Waals surface area contributed by atoms with Crippen molar-refractivity contribution in [2.45, 2.75) is 18.9 Å². The second-order valence-electron chi connectivity index (χ2n) is 8.50. The Morgan fingerprint density at radius 1 is 1.09 bits per heavy atom. The first-order chi connectivity index (χ1) is 17.2. The van der Waals surface area contributed by atoms with Crippen LogP contribution in [0.4, 0.5) is 33.4 Å². The van der Waals surface area contributed by atoms with Crippen LogP contribution in [0.25, 0.3) is 15.9 Å². The molecule has 2 aromatic heterocycles. The van der Waals surface area contributed by atoms with E-state index in [2.05, 4.69) is 34.9 Å². The van der Waals surface area contributed by atoms with E-state index in [1.54, 1.807) is 6.07 Å². The number of hydrogen-bond donors (Lipinski definition) is 1. The molecule has 0 amide bonds. The molecule has 0 atom stereocenters. The van der Waals surface area contributed by atoms with E-state index in [4.69, 9.17) is 15.7 Å². The number of fused-ring (bicyclic) bond motifs is 2. The zero-order chi connectivity index (χ0) is 23.8. The summed E-state index contributed by atoms with van der Waals surface area (Å²) in [6.45, 7) is 9.88. The fourth-order valence-electron chi connectivity index (χ4n) is 4.67. The summed E-state index contributed by atoms with van der Waals surface area (Å²) in [6.07, 6.45) is 3.29. The van der Waals surface area contributed by atoms with Crippen molar-refractivity contribution in [1.82, 2.24) is 15.0 Å². The molecule has 0 bridgehead atoms. The average Bonchev–Trinajstić information content (AvgIpc) is 3.34. The summed E-state index contributed by atoms with van der Waals surface area (Å²) in [5.41, 5.74) is 2.13. The number of ether oxygens (including phenoxy) is 1. The largest absolute Gasteiger partial charge is 0.485 e. The van der Waals surface area contributed by atoms with E-state index in [-0.39, 0.29) is 17.4 Å². The molecule has 9 nitrogen and oxygen atoms in total. The van der Waals surface area contributed by atoms with Gasteiger partial charge in [0.05, 0.1) is 18.8 Å². The summed E-state index contributed by atoms with van der Waals surface area (Å²) in [5, 5.41) is 3.01. The SMILES string of the molecule is [C-]#[N+]c1ccc(Nc2ncnc3c2OCCN3C2CCN(c3nc4ccccc4o3)CC2)c(F)c1. The van der Waals surface area contributed by atoms with Crippen molar-refractivity contribution in [2.75, 3.05) is 41.4 Å². The van der Waals surface area contributed by atoms with Crippen LogP contribution in [0.1, 0.15) is 12.8 Å². The third-order valence-corrected chi connectivity index (χ3v) is 6.43. The summed E-state index contributed by atoms with van der Waals surface area (Å²) in [5.74, 6) is 1.09. The summed E-state index contributed by atoms with van der Waals surface area (Å²) in [4.78, 5) is 21.1. The highest BCUT2D eigenvalue weighted by atomic mass is 19.1. The van der Waals surface area contributed by atoms with Gasteiger partial charge in [-0.3, -0.25) is 0 Å². The van der Waals surface area contributed by atoms with Crippen LogP contribution >= 0.6 is 0 Å². The molecule has 6 rings (SSSR count). The van der Waals surface area contributed by atoms with E-state index < -0.39 is 5.82 Å². The van der Waals surface area contributed by atoms with Crippen molar-refractivity contribution < 1.29 is 13.5 Å². The van der Waals surface area contributed by atoms with Crippen LogP contribution in [0.2, 0.25) is 0 Å². The van der Waals surface area contributed by atoms with Gasteiger partial charge in [0, 0.05) is 19.1 Å². The molecule has 0 saturated carbocycles. The molecular weight excluding hydrogens is 449 g/mol. The van der Waals surface area contributed by atoms with Crippen LogP contribution in [0.5, 0.6) is 5.75 Å². The monoisotopic (exact) mass is 471 g/mol. The van der Waals surface area contributed by atoms with Crippen molar-refractivity contribution in [3.63, 3.8) is 0 Å². The lowest BCUT2D eigenvalue weighted by molar-refractivity contribution is 0.290. The van der Waals surface area contributed by atoms with Crippen LogP contribution in [0, 0.1) is 12.4 Å². The predicted molar refractivity (Wildman–Crippen MR) is 130 cm³/mol. The van der Waals surface area contributed by atoms with Gasteiger partial charge in [-0.25, -0.2) is 19.2 Å². The summed E-state index contributed by atoms with van der Waals surface area (Å²) in [6, 6.07) is 13.0. The van der Waals surface area contributed by atoms with Crippen LogP contribution in [0.15, 0.2) is 53.2 Å². The van der Waals surface area contributed by atoms with E-state index in [9.17, 15) is 4.39 Å². The molecule has 2 aromatic carbocycles. The molecule has 2 aliphatic rings. The number of piperidine rings is 1. The quantitative estimate of drug-likeness (QED) is 0.420. The molecule has 0 unspecified atom stereocenters. The number of nitrogens with one attached hydrogen (secondary N) is 1. The van der Waals surface area contributed by atoms with Gasteiger partial charge >= 0.3 is 0 Å². The van der Waals surface area contributed by atoms with Crippen molar-refractivity contribution in [3.8, 4) is 5.75 Å². The first kappa shape index (κ1) is 21.2. The molecule has 0 aliphatic carbocycles. The number of oxazole rings is 1. The van der Waals surface area contributed by atoms with Crippen molar-refractivity contribution in [3.05, 3.63) is 66.0 Å². The normalized spacial score (nSPS) is 16.0. The average molecular weight is 471 g/mol. The third kappa shape index (κ3) is 3.95. The molecule has 1 fully saturated rings. The summed E-state index contributed by atoms with van der Waals surface area (Å²) >= 11 is 0. The van der Waals surface area contributed by atoms with E-state index >= 15 is 0 Å². The van der Waals surface area contributed by atoms with Gasteiger partial charge in [0.25, 0.3) is 6.01 Å². The number of hydrogen-bond acceptors (Lipinski definition) is 8. The first-order valence-electron chi connectivity index (χ1n) is 11.5. The first-order valence-corrected chi connectivity index (χ1v) is 11.5. The number of anilines is 4. The second-order valence-corrected chi connectivity index (χ2v) is 8.50. The van der Waals surface area contributed by atoms with E-state index in [1.165, 1.54) is 18.5 Å². The predicted octanol–water partition coefficient (Wildman–Crippen LogP) is 4.92. The van der Waals surface area contributed by atoms with Gasteiger partial charge in [0.15, 0.2) is 22.9 Å². The molecule has 1 saturated heterocycles. The maximum atomic E-state index is 14.4. The minimum atomic E-state index is -0.523. The van der Waals surface area contributed by atoms with Gasteiger partial charge in [-0.1, -0.05) is 18.2 Å². The summed E-state index contributed by atoms with van der Waals surface area (Å²) in [7, 11) is 0. The van der Waals surface area contributed by atoms with Gasteiger partial charge in [0.2, 0.25) is 5.75 Å². The number of nitrogens with zero attached hydrogens (tertiary/aromatic N) is 6. The van der Waals surface area contributed by atoms with Gasteiger partial charge < -0.3 is 24.3 Å². The highest BCUT2D eigenvalue weighted by molar-refractivity contribution is 5.74. The topological polar surface area (TPSA) is 83.9 Å². The molecule has 0 radical (unpaired) electrons. The lowest BCUT2D eigenvalue weighted by Crippen LogP contribution is -2.48. The molecule has 4 aromatic rings. The molecule has 0 spiro atoms. The lowest BCUT2D eigenvalue weighted by atomic mass is 10.0.